The maximum Gasteiger partial charge on any atom is 0.313 e. The van der Waals surface area contributed by atoms with E-state index in [1.165, 1.54) is 155 Å². The van der Waals surface area contributed by atoms with E-state index >= 15 is 0 Å². The van der Waals surface area contributed by atoms with Gasteiger partial charge in [-0.1, -0.05) is 196 Å². The highest BCUT2D eigenvalue weighted by atomic mass is 33.2. The molecule has 0 fully saturated rings. The van der Waals surface area contributed by atoms with Crippen LogP contribution in [0.25, 0.3) is 0 Å². The van der Waals surface area contributed by atoms with E-state index in [1.54, 1.807) is 0 Å². The topological polar surface area (TPSA) is 88.1 Å². The molecular weight excluding hydrogens is 888 g/mol. The van der Waals surface area contributed by atoms with Crippen LogP contribution in [-0.2, 0) is 50.0 Å². The molecule has 65 heavy (non-hydrogen) atoms. The molecule has 0 aliphatic carbocycles. The van der Waals surface area contributed by atoms with Crippen molar-refractivity contribution in [3.05, 3.63) is 89.5 Å². The number of carbonyl (C=O) groups excluding carboxylic acids is 3. The molecule has 0 saturated heterocycles. The highest BCUT2D eigenvalue weighted by Crippen LogP contribution is 2.70. The fraction of sp³-hybridized carbons (Fsp3) is 0.611. The van der Waals surface area contributed by atoms with Crippen LogP contribution in [0.1, 0.15) is 192 Å². The van der Waals surface area contributed by atoms with Crippen molar-refractivity contribution < 1.29 is 33.1 Å². The molecule has 0 atom stereocenters. The summed E-state index contributed by atoms with van der Waals surface area (Å²) < 4.78 is 20.5. The monoisotopic (exact) mass is 968 g/mol. The molecule has 0 radical (unpaired) electrons. The highest BCUT2D eigenvalue weighted by Gasteiger charge is 2.23. The van der Waals surface area contributed by atoms with Gasteiger partial charge in [-0.25, -0.2) is 0 Å². The Morgan fingerprint density at radius 1 is 0.415 bits per heavy atom. The first kappa shape index (κ1) is 56.7. The maximum atomic E-state index is 12.9. The summed E-state index contributed by atoms with van der Waals surface area (Å²) in [5.74, 6) is 1.21. The van der Waals surface area contributed by atoms with Crippen LogP contribution in [0.15, 0.2) is 72.8 Å². The molecular formula is C54H81O7PS3. The fourth-order valence-corrected chi connectivity index (χ4v) is 15.5. The van der Waals surface area contributed by atoms with Gasteiger partial charge in [0.15, 0.2) is 4.67 Å². The van der Waals surface area contributed by atoms with E-state index in [1.807, 2.05) is 72.8 Å². The van der Waals surface area contributed by atoms with E-state index in [0.29, 0.717) is 28.8 Å². The van der Waals surface area contributed by atoms with Crippen LogP contribution in [0.4, 0.5) is 0 Å². The Morgan fingerprint density at radius 2 is 0.692 bits per heavy atom. The standard InChI is InChI=1S/C54H81O7PS3/c1-4-7-10-13-16-19-22-25-46-28-34-49(35-29-46)59-52(55)40-43-58-62(63,64-44-41-53(56)60-50-36-30-47(31-37-50)26-23-20-17-14-11-8-5-2)65-45-42-54(57)61-51-38-32-48(33-39-51)27-24-21-18-15-12-9-6-3/h28-39H,4-27,40-45H2,1-3H3. The van der Waals surface area contributed by atoms with Crippen LogP contribution < -0.4 is 14.2 Å². The van der Waals surface area contributed by atoms with Crippen LogP contribution in [0.3, 0.4) is 0 Å². The average Bonchev–Trinajstić information content (AvgIpc) is 3.29. The van der Waals surface area contributed by atoms with Crippen molar-refractivity contribution >= 4 is 57.1 Å². The molecule has 0 N–H and O–H groups in total. The van der Waals surface area contributed by atoms with Gasteiger partial charge in [0.1, 0.15) is 17.2 Å². The van der Waals surface area contributed by atoms with Gasteiger partial charge in [-0.2, -0.15) is 0 Å². The van der Waals surface area contributed by atoms with Gasteiger partial charge in [-0.15, -0.1) is 0 Å². The molecule has 3 aromatic rings. The molecule has 0 aromatic heterocycles. The predicted octanol–water partition coefficient (Wildman–Crippen LogP) is 16.6. The number of carbonyl (C=O) groups is 3. The second-order valence-electron chi connectivity index (χ2n) is 17.2. The van der Waals surface area contributed by atoms with Gasteiger partial charge < -0.3 is 18.7 Å². The van der Waals surface area contributed by atoms with Crippen LogP contribution in [0.2, 0.25) is 0 Å². The molecule has 3 rings (SSSR count). The molecule has 0 amide bonds. The van der Waals surface area contributed by atoms with Gasteiger partial charge in [0.05, 0.1) is 25.9 Å². The largest absolute Gasteiger partial charge is 0.427 e. The molecule has 11 heteroatoms. The number of hydrogen-bond acceptors (Lipinski definition) is 10. The SMILES string of the molecule is CCCCCCCCCc1ccc(OC(=O)CCOP(=S)(SCCC(=O)Oc2ccc(CCCCCCCCC)cc2)SCCC(=O)Oc2ccc(CCCCCCCCC)cc2)cc1. The molecule has 0 unspecified atom stereocenters. The van der Waals surface area contributed by atoms with Gasteiger partial charge in [0, 0.05) is 11.5 Å². The summed E-state index contributed by atoms with van der Waals surface area (Å²) in [4.78, 5) is 38.6. The molecule has 362 valence electrons. The Morgan fingerprint density at radius 3 is 1.00 bits per heavy atom. The molecule has 0 saturated carbocycles. The van der Waals surface area contributed by atoms with Gasteiger partial charge in [0.2, 0.25) is 0 Å². The smallest absolute Gasteiger partial charge is 0.313 e. The first-order chi connectivity index (χ1) is 31.7. The third kappa shape index (κ3) is 28.3. The van der Waals surface area contributed by atoms with Gasteiger partial charge in [-0.3, -0.25) is 14.4 Å². The normalized spacial score (nSPS) is 11.4. The minimum atomic E-state index is -2.68. The molecule has 0 bridgehead atoms. The van der Waals surface area contributed by atoms with E-state index in [2.05, 4.69) is 20.8 Å². The first-order valence-corrected chi connectivity index (χ1v) is 31.0. The maximum absolute atomic E-state index is 12.9. The summed E-state index contributed by atoms with van der Waals surface area (Å²) >= 11 is 8.83. The Balaban J connectivity index is 1.45. The van der Waals surface area contributed by atoms with Crippen molar-refractivity contribution in [2.45, 2.75) is 194 Å². The van der Waals surface area contributed by atoms with Crippen molar-refractivity contribution in [2.75, 3.05) is 18.1 Å². The molecule has 0 aliphatic rings. The minimum absolute atomic E-state index is 0.0211. The summed E-state index contributed by atoms with van der Waals surface area (Å²) in [6.07, 6.45) is 30.1. The average molecular weight is 969 g/mol. The number of esters is 3. The van der Waals surface area contributed by atoms with Gasteiger partial charge in [-0.05, 0) is 103 Å². The molecule has 3 aromatic carbocycles. The second-order valence-corrected chi connectivity index (χ2v) is 27.9. The van der Waals surface area contributed by atoms with Gasteiger partial charge >= 0.3 is 17.9 Å². The minimum Gasteiger partial charge on any atom is -0.427 e. The molecule has 0 aliphatic heterocycles. The number of ether oxygens (including phenoxy) is 3. The highest BCUT2D eigenvalue weighted by molar-refractivity contribution is 8.99. The predicted molar refractivity (Wildman–Crippen MR) is 280 cm³/mol. The Kier molecular flexibility index (Phi) is 31.8. The van der Waals surface area contributed by atoms with Crippen molar-refractivity contribution in [3.8, 4) is 17.2 Å². The lowest BCUT2D eigenvalue weighted by Gasteiger charge is -2.20. The van der Waals surface area contributed by atoms with E-state index in [-0.39, 0.29) is 37.8 Å². The van der Waals surface area contributed by atoms with E-state index < -0.39 is 10.6 Å². The quantitative estimate of drug-likeness (QED) is 0.0238. The fourth-order valence-electron chi connectivity index (χ4n) is 7.41. The summed E-state index contributed by atoms with van der Waals surface area (Å²) in [6, 6.07) is 23.3. The number of rotatable bonds is 39. The third-order valence-electron chi connectivity index (χ3n) is 11.3. The number of benzene rings is 3. The van der Waals surface area contributed by atoms with Crippen molar-refractivity contribution in [1.82, 2.24) is 0 Å². The third-order valence-corrected chi connectivity index (χ3v) is 21.0. The summed E-state index contributed by atoms with van der Waals surface area (Å²) in [7, 11) is 0. The van der Waals surface area contributed by atoms with Crippen LogP contribution >= 0.6 is 27.4 Å². The van der Waals surface area contributed by atoms with E-state index in [9.17, 15) is 14.4 Å². The van der Waals surface area contributed by atoms with E-state index in [0.717, 1.165) is 38.5 Å². The Labute approximate surface area is 407 Å². The molecule has 0 spiro atoms. The van der Waals surface area contributed by atoms with Gasteiger partial charge in [0.25, 0.3) is 0 Å². The zero-order valence-electron chi connectivity index (χ0n) is 40.2. The zero-order valence-corrected chi connectivity index (χ0v) is 43.5. The Hall–Kier alpha value is -2.62. The van der Waals surface area contributed by atoms with Crippen LogP contribution in [-0.4, -0.2) is 36.0 Å². The van der Waals surface area contributed by atoms with Crippen molar-refractivity contribution in [2.24, 2.45) is 0 Å². The molecule has 7 nitrogen and oxygen atoms in total. The lowest BCUT2D eigenvalue weighted by Crippen LogP contribution is -2.11. The van der Waals surface area contributed by atoms with Crippen molar-refractivity contribution in [1.29, 1.82) is 0 Å². The van der Waals surface area contributed by atoms with Crippen LogP contribution in [0.5, 0.6) is 17.2 Å². The number of aryl methyl sites for hydroxylation is 3. The number of hydrogen-bond donors (Lipinski definition) is 0. The first-order valence-electron chi connectivity index (χ1n) is 25.1. The lowest BCUT2D eigenvalue weighted by molar-refractivity contribution is -0.135. The Bertz CT molecular complexity index is 1550. The summed E-state index contributed by atoms with van der Waals surface area (Å²) in [5.41, 5.74) is 3.73. The molecule has 0 heterocycles. The van der Waals surface area contributed by atoms with Crippen LogP contribution in [0, 0.1) is 0 Å². The van der Waals surface area contributed by atoms with E-state index in [4.69, 9.17) is 30.5 Å². The number of unbranched alkanes of at least 4 members (excludes halogenated alkanes) is 18. The second kappa shape index (κ2) is 36.4. The summed E-state index contributed by atoms with van der Waals surface area (Å²) in [5, 5.41) is 0. The zero-order chi connectivity index (χ0) is 46.6. The summed E-state index contributed by atoms with van der Waals surface area (Å²) in [6.45, 7) is 6.79. The lowest BCUT2D eigenvalue weighted by atomic mass is 10.0. The van der Waals surface area contributed by atoms with Crippen molar-refractivity contribution in [3.63, 3.8) is 0 Å².